The van der Waals surface area contributed by atoms with Crippen LogP contribution in [0.25, 0.3) is 0 Å². The smallest absolute Gasteiger partial charge is 0.134 e. The molecule has 0 aromatic carbocycles. The maximum Gasteiger partial charge on any atom is 0.134 e. The lowest BCUT2D eigenvalue weighted by atomic mass is 9.90. The molecule has 114 valence electrons. The van der Waals surface area contributed by atoms with Gasteiger partial charge in [-0.3, -0.25) is 0 Å². The molecule has 3 heterocycles. The van der Waals surface area contributed by atoms with Crippen LogP contribution in [0.4, 0.5) is 5.82 Å². The van der Waals surface area contributed by atoms with Gasteiger partial charge in [-0.15, -0.1) is 0 Å². The van der Waals surface area contributed by atoms with Gasteiger partial charge in [0.05, 0.1) is 0 Å². The van der Waals surface area contributed by atoms with Crippen LogP contribution in [0.2, 0.25) is 0 Å². The Kier molecular flexibility index (Phi) is 3.37. The third-order valence-corrected chi connectivity index (χ3v) is 5.76. The van der Waals surface area contributed by atoms with Crippen molar-refractivity contribution in [3.8, 4) is 0 Å². The number of aromatic nitrogens is 2. The fourth-order valence-electron chi connectivity index (χ4n) is 4.57. The van der Waals surface area contributed by atoms with Crippen molar-refractivity contribution in [2.24, 2.45) is 0 Å². The number of nitrogens with zero attached hydrogens (tertiary/aromatic N) is 3. The van der Waals surface area contributed by atoms with Crippen LogP contribution in [0, 0.1) is 0 Å². The number of aryl methyl sites for hydroxylation is 1. The minimum atomic E-state index is 0.571. The van der Waals surface area contributed by atoms with Crippen molar-refractivity contribution >= 4 is 5.82 Å². The van der Waals surface area contributed by atoms with E-state index < -0.39 is 0 Å². The first-order valence-corrected chi connectivity index (χ1v) is 8.61. The van der Waals surface area contributed by atoms with Crippen molar-refractivity contribution in [2.75, 3.05) is 18.9 Å². The van der Waals surface area contributed by atoms with Gasteiger partial charge in [0.25, 0.3) is 0 Å². The van der Waals surface area contributed by atoms with Gasteiger partial charge in [-0.25, -0.2) is 9.97 Å². The average molecular weight is 286 g/mol. The summed E-state index contributed by atoms with van der Waals surface area (Å²) >= 11 is 0. The lowest BCUT2D eigenvalue weighted by Crippen LogP contribution is -2.39. The Labute approximate surface area is 127 Å². The molecule has 21 heavy (non-hydrogen) atoms. The summed E-state index contributed by atoms with van der Waals surface area (Å²) in [7, 11) is 2.30. The highest BCUT2D eigenvalue weighted by Gasteiger charge is 2.40. The van der Waals surface area contributed by atoms with Crippen LogP contribution in [0.1, 0.15) is 62.0 Å². The molecule has 2 saturated heterocycles. The quantitative estimate of drug-likeness (QED) is 0.927. The van der Waals surface area contributed by atoms with Gasteiger partial charge in [0.15, 0.2) is 0 Å². The molecule has 1 aromatic rings. The molecule has 0 spiro atoms. The van der Waals surface area contributed by atoms with E-state index >= 15 is 0 Å². The van der Waals surface area contributed by atoms with Gasteiger partial charge >= 0.3 is 0 Å². The Morgan fingerprint density at radius 1 is 1.14 bits per heavy atom. The van der Waals surface area contributed by atoms with Crippen LogP contribution in [-0.4, -0.2) is 40.5 Å². The van der Waals surface area contributed by atoms with E-state index in [2.05, 4.69) is 24.2 Å². The molecule has 2 bridgehead atoms. The highest BCUT2D eigenvalue weighted by atomic mass is 15.2. The maximum atomic E-state index is 4.97. The molecule has 1 aliphatic carbocycles. The number of hydrogen-bond donors (Lipinski definition) is 1. The van der Waals surface area contributed by atoms with Crippen LogP contribution in [0.15, 0.2) is 0 Å². The summed E-state index contributed by atoms with van der Waals surface area (Å²) in [5, 5.41) is 3.47. The zero-order chi connectivity index (χ0) is 14.4. The van der Waals surface area contributed by atoms with Crippen molar-refractivity contribution < 1.29 is 0 Å². The molecule has 2 unspecified atom stereocenters. The summed E-state index contributed by atoms with van der Waals surface area (Å²) in [6, 6.07) is 1.52. The van der Waals surface area contributed by atoms with Gasteiger partial charge < -0.3 is 10.2 Å². The van der Waals surface area contributed by atoms with Crippen molar-refractivity contribution in [1.29, 1.82) is 0 Å². The van der Waals surface area contributed by atoms with E-state index in [4.69, 9.17) is 9.97 Å². The van der Waals surface area contributed by atoms with Crippen molar-refractivity contribution in [2.45, 2.75) is 69.9 Å². The number of fused-ring (bicyclic) bond motifs is 3. The van der Waals surface area contributed by atoms with E-state index in [9.17, 15) is 0 Å². The zero-order valence-electron chi connectivity index (χ0n) is 13.2. The number of piperidine rings is 1. The van der Waals surface area contributed by atoms with Crippen molar-refractivity contribution in [3.05, 3.63) is 17.1 Å². The van der Waals surface area contributed by atoms with Crippen LogP contribution < -0.4 is 5.32 Å². The van der Waals surface area contributed by atoms with Gasteiger partial charge in [-0.05, 0) is 58.9 Å². The zero-order valence-corrected chi connectivity index (χ0v) is 13.2. The van der Waals surface area contributed by atoms with E-state index in [0.29, 0.717) is 5.92 Å². The van der Waals surface area contributed by atoms with Gasteiger partial charge in [-0.2, -0.15) is 0 Å². The standard InChI is InChI=1S/C17H26N4/c1-3-18-17-14-5-4-6-15(14)19-16(20-17)11-9-12-7-8-13(10-11)21(12)2/h11-13H,3-10H2,1-2H3,(H,18,19,20). The molecule has 0 saturated carbocycles. The predicted molar refractivity (Wildman–Crippen MR) is 84.8 cm³/mol. The Bertz CT molecular complexity index is 528. The van der Waals surface area contributed by atoms with Gasteiger partial charge in [-0.1, -0.05) is 0 Å². The van der Waals surface area contributed by atoms with Gasteiger partial charge in [0.2, 0.25) is 0 Å². The first kappa shape index (κ1) is 13.5. The molecular formula is C17H26N4. The highest BCUT2D eigenvalue weighted by molar-refractivity contribution is 5.49. The fraction of sp³-hybridized carbons (Fsp3) is 0.765. The summed E-state index contributed by atoms with van der Waals surface area (Å²) < 4.78 is 0. The molecule has 2 atom stereocenters. The molecule has 0 radical (unpaired) electrons. The summed E-state index contributed by atoms with van der Waals surface area (Å²) in [5.74, 6) is 2.82. The summed E-state index contributed by atoms with van der Waals surface area (Å²) in [6.07, 6.45) is 8.75. The van der Waals surface area contributed by atoms with E-state index in [0.717, 1.165) is 43.1 Å². The Morgan fingerprint density at radius 2 is 1.90 bits per heavy atom. The highest BCUT2D eigenvalue weighted by Crippen LogP contribution is 2.42. The SMILES string of the molecule is CCNc1nc(C2CC3CCC(C2)N3C)nc2c1CCC2. The Hall–Kier alpha value is -1.16. The monoisotopic (exact) mass is 286 g/mol. The fourth-order valence-corrected chi connectivity index (χ4v) is 4.57. The number of nitrogens with one attached hydrogen (secondary N) is 1. The molecule has 4 rings (SSSR count). The Morgan fingerprint density at radius 3 is 2.62 bits per heavy atom. The molecule has 1 N–H and O–H groups in total. The van der Waals surface area contributed by atoms with Gasteiger partial charge in [0.1, 0.15) is 11.6 Å². The summed E-state index contributed by atoms with van der Waals surface area (Å²) in [4.78, 5) is 12.5. The lowest BCUT2D eigenvalue weighted by molar-refractivity contribution is 0.159. The van der Waals surface area contributed by atoms with Crippen molar-refractivity contribution in [1.82, 2.24) is 14.9 Å². The second kappa shape index (κ2) is 5.24. The second-order valence-corrected chi connectivity index (χ2v) is 6.96. The maximum absolute atomic E-state index is 4.97. The molecule has 2 aliphatic heterocycles. The van der Waals surface area contributed by atoms with E-state index in [1.807, 2.05) is 0 Å². The number of hydrogen-bond acceptors (Lipinski definition) is 4. The van der Waals surface area contributed by atoms with Crippen LogP contribution in [0.5, 0.6) is 0 Å². The molecule has 1 aromatic heterocycles. The van der Waals surface area contributed by atoms with E-state index in [1.165, 1.54) is 43.4 Å². The van der Waals surface area contributed by atoms with Crippen LogP contribution in [0.3, 0.4) is 0 Å². The third kappa shape index (κ3) is 2.24. The minimum Gasteiger partial charge on any atom is -0.370 e. The third-order valence-electron chi connectivity index (χ3n) is 5.76. The molecular weight excluding hydrogens is 260 g/mol. The first-order chi connectivity index (χ1) is 10.3. The van der Waals surface area contributed by atoms with Crippen LogP contribution in [-0.2, 0) is 12.8 Å². The van der Waals surface area contributed by atoms with E-state index in [1.54, 1.807) is 0 Å². The molecule has 3 aliphatic rings. The largest absolute Gasteiger partial charge is 0.370 e. The predicted octanol–water partition coefficient (Wildman–Crippen LogP) is 2.74. The average Bonchev–Trinajstić information content (AvgIpc) is 3.01. The normalized spacial score (nSPS) is 31.4. The van der Waals surface area contributed by atoms with Gasteiger partial charge in [0, 0.05) is 35.8 Å². The topological polar surface area (TPSA) is 41.1 Å². The summed E-state index contributed by atoms with van der Waals surface area (Å²) in [6.45, 7) is 3.10. The molecule has 2 fully saturated rings. The number of rotatable bonds is 3. The lowest BCUT2D eigenvalue weighted by Gasteiger charge is -2.35. The summed E-state index contributed by atoms with van der Waals surface area (Å²) in [5.41, 5.74) is 2.71. The first-order valence-electron chi connectivity index (χ1n) is 8.61. The Balaban J connectivity index is 1.65. The second-order valence-electron chi connectivity index (χ2n) is 6.96. The van der Waals surface area contributed by atoms with E-state index in [-0.39, 0.29) is 0 Å². The molecule has 4 nitrogen and oxygen atoms in total. The van der Waals surface area contributed by atoms with Crippen LogP contribution >= 0.6 is 0 Å². The minimum absolute atomic E-state index is 0.571. The number of anilines is 1. The molecule has 4 heteroatoms. The molecule has 0 amide bonds. The van der Waals surface area contributed by atoms with Crippen molar-refractivity contribution in [3.63, 3.8) is 0 Å².